The van der Waals surface area contributed by atoms with Crippen LogP contribution in [0.3, 0.4) is 0 Å². The molecule has 1 heterocycles. The number of carbonyl (C=O) groups is 6. The zero-order valence-electron chi connectivity index (χ0n) is 37.0. The van der Waals surface area contributed by atoms with Crippen molar-refractivity contribution in [1.82, 2.24) is 29.7 Å². The predicted molar refractivity (Wildman–Crippen MR) is 341 cm³/mol. The van der Waals surface area contributed by atoms with Gasteiger partial charge in [-0.2, -0.15) is 0 Å². The number of rotatable bonds is 21. The van der Waals surface area contributed by atoms with Gasteiger partial charge in [-0.25, -0.2) is 28.1 Å². The number of aromatic nitrogens is 3. The number of anilines is 3. The van der Waals surface area contributed by atoms with Gasteiger partial charge in [0.1, 0.15) is 19.8 Å². The van der Waals surface area contributed by atoms with Crippen molar-refractivity contribution in [2.45, 2.75) is 18.3 Å². The van der Waals surface area contributed by atoms with E-state index in [1.54, 1.807) is 203 Å². The summed E-state index contributed by atoms with van der Waals surface area (Å²) < 4.78 is -0.308. The van der Waals surface area contributed by atoms with Crippen LogP contribution in [0, 0.1) is 32.1 Å². The molecule has 0 radical (unpaired) electrons. The smallest absolute Gasteiger partial charge is 0.345 e. The summed E-state index contributed by atoms with van der Waals surface area (Å²) in [4.78, 5) is 129. The van der Waals surface area contributed by atoms with Gasteiger partial charge in [-0.05, 0) is 203 Å². The molecule has 27 nitrogen and oxygen atoms in total. The van der Waals surface area contributed by atoms with Crippen molar-refractivity contribution in [3.63, 3.8) is 0 Å². The van der Waals surface area contributed by atoms with Crippen LogP contribution < -0.4 is 49.0 Å². The summed E-state index contributed by atoms with van der Waals surface area (Å²) >= 11 is 14.7. The first-order valence-electron chi connectivity index (χ1n) is 20.3. The van der Waals surface area contributed by atoms with Crippen molar-refractivity contribution in [2.24, 2.45) is 0 Å². The number of aliphatic hydroxyl groups excluding tert-OH is 9. The number of halogens is 9. The Morgan fingerprint density at radius 2 is 0.587 bits per heavy atom. The predicted octanol–water partition coefficient (Wildman–Crippen LogP) is -1.38. The average Bonchev–Trinajstić information content (AvgIpc) is 3.37. The Balaban J connectivity index is 2.52. The maximum absolute atomic E-state index is 15.8. The first kappa shape index (κ1) is 66.6. The number of nitrogens with zero attached hydrogens (tertiary/aromatic N) is 3. The van der Waals surface area contributed by atoms with Crippen LogP contribution in [0.2, 0.25) is 0 Å². The molecular weight excluding hydrogens is 2020 g/mol. The molecule has 36 heteroatoms. The minimum Gasteiger partial charge on any atom is -0.394 e. The lowest BCUT2D eigenvalue weighted by molar-refractivity contribution is -0.119. The highest BCUT2D eigenvalue weighted by atomic mass is 127. The summed E-state index contributed by atoms with van der Waals surface area (Å²) in [7, 11) is 0. The third-order valence-electron chi connectivity index (χ3n) is 9.73. The van der Waals surface area contributed by atoms with Crippen LogP contribution in [0.4, 0.5) is 17.1 Å². The Labute approximate surface area is 543 Å². The molecule has 0 bridgehead atoms. The van der Waals surface area contributed by atoms with Crippen LogP contribution in [0.15, 0.2) is 14.4 Å². The maximum Gasteiger partial charge on any atom is 0.345 e. The fourth-order valence-electron chi connectivity index (χ4n) is 6.22. The standard InChI is InChI=1S/C39H36I9N9O18/c40-19-16(34(70)49-1-10(64)4-58)22(43)31(25(46)28(19)52-13(67)7-61)55-37(73)56(32-23(44)17(35(71)50-2-11(65)5-59)20(41)29(26(32)47)53-14(68)8-62)39(75)57(38(55)74)33-24(45)18(36(72)51-3-12(66)6-60)21(42)30(27(33)48)54-15(69)9-63/h10-12,58-66H,1-9H2,(H,49,70)(H,50,71)(H,51,72)(H,52,67)(H,53,68)(H,54,69). The van der Waals surface area contributed by atoms with Gasteiger partial charge in [-0.1, -0.05) is 0 Å². The van der Waals surface area contributed by atoms with Crippen molar-refractivity contribution in [1.29, 1.82) is 0 Å². The van der Waals surface area contributed by atoms with E-state index in [4.69, 9.17) is 0 Å². The third kappa shape index (κ3) is 14.8. The van der Waals surface area contributed by atoms with Crippen LogP contribution in [0.25, 0.3) is 17.1 Å². The Hall–Kier alpha value is -0.900. The van der Waals surface area contributed by atoms with Gasteiger partial charge in [0.25, 0.3) is 17.7 Å². The number of carbonyl (C=O) groups excluding carboxylic acids is 6. The molecule has 0 saturated carbocycles. The normalized spacial score (nSPS) is 12.4. The molecule has 1 aromatic heterocycles. The third-order valence-corrected chi connectivity index (χ3v) is 19.3. The first-order chi connectivity index (χ1) is 35.2. The maximum atomic E-state index is 15.8. The molecule has 0 aliphatic heterocycles. The van der Waals surface area contributed by atoms with E-state index in [-0.39, 0.29) is 65.9 Å². The Kier molecular flexibility index (Phi) is 26.4. The SMILES string of the molecule is O=C(CO)Nc1c(I)c(C(=O)NCC(O)CO)c(I)c(-n2c(=O)n(-c3c(I)c(NC(=O)CO)c(I)c(C(=O)NCC(O)CO)c3I)c(=O)n(-c3c(I)c(NC(=O)CO)c(I)c(C(=O)NCC(O)CO)c3I)c2=O)c1I. The highest BCUT2D eigenvalue weighted by Crippen LogP contribution is 2.41. The lowest BCUT2D eigenvalue weighted by Gasteiger charge is -2.25. The second kappa shape index (κ2) is 29.7. The van der Waals surface area contributed by atoms with Gasteiger partial charge in [0.05, 0.1) is 121 Å². The number of nitrogens with one attached hydrogen (secondary N) is 6. The molecule has 0 spiro atoms. The van der Waals surface area contributed by atoms with E-state index in [9.17, 15) is 74.7 Å². The molecule has 0 saturated heterocycles. The molecule has 0 aliphatic carbocycles. The van der Waals surface area contributed by atoms with Crippen LogP contribution in [-0.4, -0.2) is 173 Å². The zero-order valence-corrected chi connectivity index (χ0v) is 56.5. The largest absolute Gasteiger partial charge is 0.394 e. The lowest BCUT2D eigenvalue weighted by Crippen LogP contribution is -2.54. The molecule has 408 valence electrons. The van der Waals surface area contributed by atoms with Crippen LogP contribution >= 0.6 is 203 Å². The zero-order chi connectivity index (χ0) is 56.7. The van der Waals surface area contributed by atoms with Crippen molar-refractivity contribution in [3.8, 4) is 17.1 Å². The number of benzene rings is 3. The summed E-state index contributed by atoms with van der Waals surface area (Å²) in [6.45, 7) is -7.33. The van der Waals surface area contributed by atoms with Gasteiger partial charge < -0.3 is 77.9 Å². The van der Waals surface area contributed by atoms with E-state index in [0.29, 0.717) is 13.7 Å². The van der Waals surface area contributed by atoms with E-state index < -0.39 is 147 Å². The van der Waals surface area contributed by atoms with Gasteiger partial charge in [-0.15, -0.1) is 0 Å². The second-order valence-corrected chi connectivity index (χ2v) is 24.4. The van der Waals surface area contributed by atoms with Crippen LogP contribution in [0.5, 0.6) is 0 Å². The molecule has 75 heavy (non-hydrogen) atoms. The van der Waals surface area contributed by atoms with E-state index in [2.05, 4.69) is 31.9 Å². The van der Waals surface area contributed by atoms with Gasteiger partial charge in [0.15, 0.2) is 0 Å². The highest BCUT2D eigenvalue weighted by molar-refractivity contribution is 14.1. The Morgan fingerprint density at radius 3 is 0.773 bits per heavy atom. The Bertz CT molecular complexity index is 2820. The number of aliphatic hydroxyl groups is 9. The number of hydrogen-bond donors (Lipinski definition) is 15. The second-order valence-electron chi connectivity index (χ2n) is 14.7. The van der Waals surface area contributed by atoms with E-state index in [1.165, 1.54) is 0 Å². The fraction of sp³-hybridized carbons (Fsp3) is 0.308. The van der Waals surface area contributed by atoms with Gasteiger partial charge >= 0.3 is 17.1 Å². The van der Waals surface area contributed by atoms with Crippen molar-refractivity contribution < 1.29 is 74.7 Å². The van der Waals surface area contributed by atoms with Crippen molar-refractivity contribution in [3.05, 3.63) is 80.3 Å². The average molecular weight is 2060 g/mol. The molecule has 3 aromatic carbocycles. The molecule has 0 fully saturated rings. The minimum atomic E-state index is -1.57. The topological polar surface area (TPSA) is 423 Å². The number of hydrogen-bond acceptors (Lipinski definition) is 18. The number of amides is 6. The van der Waals surface area contributed by atoms with Crippen molar-refractivity contribution >= 4 is 256 Å². The van der Waals surface area contributed by atoms with Gasteiger partial charge in [0.2, 0.25) is 17.7 Å². The summed E-state index contributed by atoms with van der Waals surface area (Å²) in [5, 5.41) is 103. The molecular formula is C39H36I9N9O18. The van der Waals surface area contributed by atoms with Crippen LogP contribution in [0.1, 0.15) is 31.1 Å². The summed E-state index contributed by atoms with van der Waals surface area (Å²) in [6.07, 6.45) is -4.43. The molecule has 4 rings (SSSR count). The van der Waals surface area contributed by atoms with Gasteiger partial charge in [0, 0.05) is 19.6 Å². The molecule has 0 aliphatic rings. The molecule has 3 unspecified atom stereocenters. The fourth-order valence-corrected chi connectivity index (χ4v) is 19.4. The summed E-state index contributed by atoms with van der Waals surface area (Å²) in [5.74, 6) is -6.16. The van der Waals surface area contributed by atoms with E-state index in [0.717, 1.165) is 0 Å². The highest BCUT2D eigenvalue weighted by Gasteiger charge is 2.36. The van der Waals surface area contributed by atoms with E-state index >= 15 is 14.4 Å². The van der Waals surface area contributed by atoms with Crippen LogP contribution in [-0.2, 0) is 14.4 Å². The molecule has 6 amide bonds. The summed E-state index contributed by atoms with van der Waals surface area (Å²) in [5.41, 5.74) is -8.24. The monoisotopic (exact) mass is 2060 g/mol. The molecule has 4 aromatic rings. The lowest BCUT2D eigenvalue weighted by atomic mass is 10.1. The first-order valence-corrected chi connectivity index (χ1v) is 30.0. The molecule has 15 N–H and O–H groups in total. The van der Waals surface area contributed by atoms with E-state index in [1.807, 2.05) is 0 Å². The quantitative estimate of drug-likeness (QED) is 0.0428. The van der Waals surface area contributed by atoms with Gasteiger partial charge in [-0.3, -0.25) is 28.8 Å². The minimum absolute atomic E-state index is 0.0504. The summed E-state index contributed by atoms with van der Waals surface area (Å²) in [6, 6.07) is 0. The van der Waals surface area contributed by atoms with Crippen molar-refractivity contribution in [2.75, 3.05) is 75.2 Å². The Morgan fingerprint density at radius 1 is 0.373 bits per heavy atom. The molecule has 3 atom stereocenters.